The summed E-state index contributed by atoms with van der Waals surface area (Å²) in [7, 11) is 1.53. The Bertz CT molecular complexity index is 910. The number of amidine groups is 1. The highest BCUT2D eigenvalue weighted by Crippen LogP contribution is 2.30. The van der Waals surface area contributed by atoms with Crippen LogP contribution in [0.3, 0.4) is 0 Å². The van der Waals surface area contributed by atoms with Crippen LogP contribution in [0.2, 0.25) is 0 Å². The second kappa shape index (κ2) is 7.06. The molecule has 0 saturated heterocycles. The van der Waals surface area contributed by atoms with E-state index in [-0.39, 0.29) is 18.5 Å². The molecule has 0 fully saturated rings. The molecule has 0 bridgehead atoms. The number of benzene rings is 1. The number of fused-ring (bicyclic) bond motifs is 3. The Morgan fingerprint density at radius 1 is 1.26 bits per heavy atom. The van der Waals surface area contributed by atoms with Gasteiger partial charge in [-0.3, -0.25) is 19.6 Å². The molecular weight excluding hydrogens is 346 g/mol. The maximum atomic E-state index is 13.0. The molecule has 1 aromatic carbocycles. The van der Waals surface area contributed by atoms with Crippen molar-refractivity contribution in [3.63, 3.8) is 0 Å². The highest BCUT2D eigenvalue weighted by molar-refractivity contribution is 6.20. The van der Waals surface area contributed by atoms with Gasteiger partial charge in [-0.25, -0.2) is 9.78 Å². The predicted molar refractivity (Wildman–Crippen MR) is 101 cm³/mol. The second-order valence-corrected chi connectivity index (χ2v) is 6.23. The minimum Gasteiger partial charge on any atom is -0.481 e. The number of rotatable bonds is 4. The number of amides is 3. The van der Waals surface area contributed by atoms with E-state index in [0.717, 1.165) is 12.0 Å². The summed E-state index contributed by atoms with van der Waals surface area (Å²) in [5.74, 6) is 0.852. The third-order valence-corrected chi connectivity index (χ3v) is 4.49. The van der Waals surface area contributed by atoms with Gasteiger partial charge >= 0.3 is 6.03 Å². The lowest BCUT2D eigenvalue weighted by atomic mass is 10.1. The Morgan fingerprint density at radius 2 is 2.11 bits per heavy atom. The summed E-state index contributed by atoms with van der Waals surface area (Å²) in [5, 5.41) is 2.76. The van der Waals surface area contributed by atoms with Crippen molar-refractivity contribution in [2.75, 3.05) is 37.0 Å². The molecule has 138 valence electrons. The summed E-state index contributed by atoms with van der Waals surface area (Å²) < 4.78 is 5.01. The quantitative estimate of drug-likeness (QED) is 0.899. The molecule has 4 rings (SSSR count). The van der Waals surface area contributed by atoms with Gasteiger partial charge in [-0.05, 0) is 24.6 Å². The van der Waals surface area contributed by atoms with Gasteiger partial charge in [0, 0.05) is 24.7 Å². The van der Waals surface area contributed by atoms with Crippen LogP contribution in [0.4, 0.5) is 16.2 Å². The first-order valence-electron chi connectivity index (χ1n) is 8.70. The van der Waals surface area contributed by atoms with E-state index in [0.29, 0.717) is 36.2 Å². The van der Waals surface area contributed by atoms with Crippen molar-refractivity contribution in [2.45, 2.75) is 6.42 Å². The van der Waals surface area contributed by atoms with Gasteiger partial charge in [-0.15, -0.1) is 0 Å². The SMILES string of the molecule is COc1ccc(NC(=O)CN2C(=O)N3CCCN=C3c3ccccc32)cn1. The summed E-state index contributed by atoms with van der Waals surface area (Å²) in [6, 6.07) is 10.7. The molecule has 3 heterocycles. The van der Waals surface area contributed by atoms with Crippen LogP contribution in [0, 0.1) is 0 Å². The fourth-order valence-corrected chi connectivity index (χ4v) is 3.24. The zero-order valence-electron chi connectivity index (χ0n) is 14.9. The van der Waals surface area contributed by atoms with Crippen molar-refractivity contribution in [1.29, 1.82) is 0 Å². The number of pyridine rings is 1. The normalized spacial score (nSPS) is 15.6. The number of nitrogens with one attached hydrogen (secondary N) is 1. The van der Waals surface area contributed by atoms with Crippen molar-refractivity contribution >= 4 is 29.1 Å². The summed E-state index contributed by atoms with van der Waals surface area (Å²) in [5.41, 5.74) is 2.11. The predicted octanol–water partition coefficient (Wildman–Crippen LogP) is 2.12. The Kier molecular flexibility index (Phi) is 4.45. The Hall–Kier alpha value is -3.42. The molecule has 8 heteroatoms. The zero-order valence-corrected chi connectivity index (χ0v) is 14.9. The van der Waals surface area contributed by atoms with Crippen molar-refractivity contribution < 1.29 is 14.3 Å². The van der Waals surface area contributed by atoms with Crippen molar-refractivity contribution in [1.82, 2.24) is 9.88 Å². The van der Waals surface area contributed by atoms with Crippen LogP contribution >= 0.6 is 0 Å². The lowest BCUT2D eigenvalue weighted by Crippen LogP contribution is -2.54. The van der Waals surface area contributed by atoms with Gasteiger partial charge in [0.2, 0.25) is 11.8 Å². The van der Waals surface area contributed by atoms with E-state index in [4.69, 9.17) is 4.74 Å². The molecule has 0 unspecified atom stereocenters. The van der Waals surface area contributed by atoms with Gasteiger partial charge < -0.3 is 10.1 Å². The maximum absolute atomic E-state index is 13.0. The molecule has 0 atom stereocenters. The molecule has 8 nitrogen and oxygen atoms in total. The number of ether oxygens (including phenoxy) is 1. The smallest absolute Gasteiger partial charge is 0.330 e. The van der Waals surface area contributed by atoms with E-state index in [1.165, 1.54) is 18.2 Å². The number of carbonyl (C=O) groups excluding carboxylic acids is 2. The van der Waals surface area contributed by atoms with E-state index in [1.807, 2.05) is 24.3 Å². The fraction of sp³-hybridized carbons (Fsp3) is 0.263. The minimum atomic E-state index is -0.303. The zero-order chi connectivity index (χ0) is 18.8. The van der Waals surface area contributed by atoms with Crippen molar-refractivity contribution in [2.24, 2.45) is 4.99 Å². The third kappa shape index (κ3) is 3.21. The Labute approximate surface area is 156 Å². The standard InChI is InChI=1S/C19H19N5O3/c1-27-17-8-7-13(11-21-17)22-16(25)12-24-15-6-3-2-5-14(15)18-20-9-4-10-23(18)19(24)26/h2-3,5-8,11H,4,9-10,12H2,1H3,(H,22,25). The first-order valence-corrected chi connectivity index (χ1v) is 8.70. The van der Waals surface area contributed by atoms with Gasteiger partial charge in [0.1, 0.15) is 12.4 Å². The van der Waals surface area contributed by atoms with Crippen LogP contribution in [0.1, 0.15) is 12.0 Å². The topological polar surface area (TPSA) is 87.1 Å². The molecule has 2 aliphatic rings. The van der Waals surface area contributed by atoms with E-state index < -0.39 is 0 Å². The van der Waals surface area contributed by atoms with Gasteiger partial charge in [0.05, 0.1) is 24.7 Å². The van der Waals surface area contributed by atoms with Gasteiger partial charge in [0.25, 0.3) is 0 Å². The number of methoxy groups -OCH3 is 1. The molecule has 0 aliphatic carbocycles. The molecule has 3 amide bonds. The van der Waals surface area contributed by atoms with E-state index >= 15 is 0 Å². The molecule has 2 aliphatic heterocycles. The van der Waals surface area contributed by atoms with Crippen LogP contribution < -0.4 is 15.0 Å². The van der Waals surface area contributed by atoms with Crippen molar-refractivity contribution in [3.8, 4) is 5.88 Å². The molecule has 2 aromatic rings. The van der Waals surface area contributed by atoms with E-state index in [2.05, 4.69) is 15.3 Å². The largest absolute Gasteiger partial charge is 0.481 e. The number of aliphatic imine (C=N–C) groups is 1. The molecule has 0 saturated carbocycles. The van der Waals surface area contributed by atoms with Crippen molar-refractivity contribution in [3.05, 3.63) is 48.2 Å². The average Bonchev–Trinajstić information content (AvgIpc) is 2.71. The van der Waals surface area contributed by atoms with Crippen LogP contribution in [0.15, 0.2) is 47.6 Å². The number of carbonyl (C=O) groups is 2. The summed E-state index contributed by atoms with van der Waals surface area (Å²) in [6.07, 6.45) is 2.33. The highest BCUT2D eigenvalue weighted by atomic mass is 16.5. The minimum absolute atomic E-state index is 0.0916. The number of hydrogen-bond acceptors (Lipinski definition) is 5. The monoisotopic (exact) mass is 365 g/mol. The van der Waals surface area contributed by atoms with Crippen LogP contribution in [0.5, 0.6) is 5.88 Å². The second-order valence-electron chi connectivity index (χ2n) is 6.23. The van der Waals surface area contributed by atoms with Crippen LogP contribution in [-0.2, 0) is 4.79 Å². The average molecular weight is 365 g/mol. The molecule has 27 heavy (non-hydrogen) atoms. The number of nitrogens with zero attached hydrogens (tertiary/aromatic N) is 4. The van der Waals surface area contributed by atoms with Crippen LogP contribution in [0.25, 0.3) is 0 Å². The van der Waals surface area contributed by atoms with E-state index in [1.54, 1.807) is 17.0 Å². The van der Waals surface area contributed by atoms with Gasteiger partial charge in [0.15, 0.2) is 0 Å². The maximum Gasteiger partial charge on any atom is 0.330 e. The Balaban J connectivity index is 1.57. The van der Waals surface area contributed by atoms with Gasteiger partial charge in [-0.1, -0.05) is 12.1 Å². The van der Waals surface area contributed by atoms with E-state index in [9.17, 15) is 9.59 Å². The molecular formula is C19H19N5O3. The lowest BCUT2D eigenvalue weighted by Gasteiger charge is -2.39. The summed E-state index contributed by atoms with van der Waals surface area (Å²) in [6.45, 7) is 1.22. The number of hydrogen-bond donors (Lipinski definition) is 1. The van der Waals surface area contributed by atoms with Gasteiger partial charge in [-0.2, -0.15) is 0 Å². The number of anilines is 2. The molecule has 1 N–H and O–H groups in total. The molecule has 0 radical (unpaired) electrons. The Morgan fingerprint density at radius 3 is 2.89 bits per heavy atom. The first kappa shape index (κ1) is 17.0. The molecule has 0 spiro atoms. The first-order chi connectivity index (χ1) is 13.2. The molecule has 1 aromatic heterocycles. The summed E-state index contributed by atoms with van der Waals surface area (Å²) in [4.78, 5) is 37.2. The fourth-order valence-electron chi connectivity index (χ4n) is 3.24. The number of urea groups is 1. The third-order valence-electron chi connectivity index (χ3n) is 4.49. The lowest BCUT2D eigenvalue weighted by molar-refractivity contribution is -0.114. The highest BCUT2D eigenvalue weighted by Gasteiger charge is 2.36. The number of aromatic nitrogens is 1. The summed E-state index contributed by atoms with van der Waals surface area (Å²) >= 11 is 0. The van der Waals surface area contributed by atoms with Crippen LogP contribution in [-0.4, -0.2) is 54.4 Å². The number of para-hydroxylation sites is 1.